The highest BCUT2D eigenvalue weighted by Gasteiger charge is 2.33. The lowest BCUT2D eigenvalue weighted by molar-refractivity contribution is -0.133. The van der Waals surface area contributed by atoms with Gasteiger partial charge in [0.1, 0.15) is 5.75 Å². The molecule has 3 rings (SSSR count). The number of sulfonamides is 1. The van der Waals surface area contributed by atoms with E-state index < -0.39 is 16.1 Å². The van der Waals surface area contributed by atoms with Crippen LogP contribution in [-0.4, -0.2) is 45.0 Å². The summed E-state index contributed by atoms with van der Waals surface area (Å²) in [5.41, 5.74) is 1.25. The van der Waals surface area contributed by atoms with E-state index in [1.54, 1.807) is 19.1 Å². The van der Waals surface area contributed by atoms with Crippen LogP contribution >= 0.6 is 0 Å². The summed E-state index contributed by atoms with van der Waals surface area (Å²) in [5, 5.41) is 0. The molecule has 1 fully saturated rings. The Hall–Kier alpha value is -2.38. The molecule has 0 aromatic heterocycles. The van der Waals surface area contributed by atoms with E-state index in [4.69, 9.17) is 4.74 Å². The van der Waals surface area contributed by atoms with Crippen LogP contribution in [0.15, 0.2) is 59.5 Å². The Balaban J connectivity index is 1.61. The van der Waals surface area contributed by atoms with Gasteiger partial charge in [0.15, 0.2) is 0 Å². The fourth-order valence-corrected chi connectivity index (χ4v) is 4.96. The molecule has 0 bridgehead atoms. The van der Waals surface area contributed by atoms with E-state index in [0.717, 1.165) is 25.7 Å². The van der Waals surface area contributed by atoms with Gasteiger partial charge >= 0.3 is 0 Å². The lowest BCUT2D eigenvalue weighted by Gasteiger charge is -2.28. The summed E-state index contributed by atoms with van der Waals surface area (Å²) in [4.78, 5) is 14.9. The molecule has 156 valence electrons. The topological polar surface area (TPSA) is 75.7 Å². The summed E-state index contributed by atoms with van der Waals surface area (Å²) in [5.74, 6) is 0.407. The lowest BCUT2D eigenvalue weighted by atomic mass is 10.0. The van der Waals surface area contributed by atoms with Gasteiger partial charge in [-0.25, -0.2) is 8.42 Å². The van der Waals surface area contributed by atoms with Crippen LogP contribution in [0.5, 0.6) is 5.75 Å². The SMILES string of the molecule is COc1ccc(S(=O)(=O)N[C@@H](C)C(=O)N2CCCC2CCc2ccccc2)cc1. The summed E-state index contributed by atoms with van der Waals surface area (Å²) in [6.45, 7) is 2.28. The quantitative estimate of drug-likeness (QED) is 0.718. The molecule has 1 aliphatic rings. The number of benzene rings is 2. The minimum Gasteiger partial charge on any atom is -0.497 e. The number of likely N-dealkylation sites (tertiary alicyclic amines) is 1. The first-order valence-corrected chi connectivity index (χ1v) is 11.4. The van der Waals surface area contributed by atoms with E-state index >= 15 is 0 Å². The Labute approximate surface area is 172 Å². The number of amides is 1. The summed E-state index contributed by atoms with van der Waals surface area (Å²) in [7, 11) is -2.26. The van der Waals surface area contributed by atoms with Gasteiger partial charge in [0, 0.05) is 12.6 Å². The van der Waals surface area contributed by atoms with E-state index in [-0.39, 0.29) is 16.8 Å². The van der Waals surface area contributed by atoms with Crippen molar-refractivity contribution in [3.63, 3.8) is 0 Å². The molecular formula is C22H28N2O4S. The maximum Gasteiger partial charge on any atom is 0.241 e. The number of carbonyl (C=O) groups excluding carboxylic acids is 1. The minimum atomic E-state index is -3.78. The normalized spacial score (nSPS) is 17.9. The van der Waals surface area contributed by atoms with Gasteiger partial charge in [-0.15, -0.1) is 0 Å². The van der Waals surface area contributed by atoms with Gasteiger partial charge in [0.25, 0.3) is 0 Å². The van der Waals surface area contributed by atoms with Gasteiger partial charge in [0.05, 0.1) is 18.0 Å². The molecule has 1 amide bonds. The fraction of sp³-hybridized carbons (Fsp3) is 0.409. The second-order valence-electron chi connectivity index (χ2n) is 7.37. The Kier molecular flexibility index (Phi) is 6.92. The van der Waals surface area contributed by atoms with Crippen molar-refractivity contribution >= 4 is 15.9 Å². The minimum absolute atomic E-state index is 0.111. The van der Waals surface area contributed by atoms with Crippen molar-refractivity contribution in [2.75, 3.05) is 13.7 Å². The molecule has 1 saturated heterocycles. The largest absolute Gasteiger partial charge is 0.497 e. The molecule has 2 aromatic rings. The highest BCUT2D eigenvalue weighted by molar-refractivity contribution is 7.89. The Morgan fingerprint density at radius 1 is 1.17 bits per heavy atom. The summed E-state index contributed by atoms with van der Waals surface area (Å²) in [6, 6.07) is 15.6. The number of ether oxygens (including phenoxy) is 1. The third-order valence-electron chi connectivity index (χ3n) is 5.34. The van der Waals surface area contributed by atoms with Crippen LogP contribution in [0.25, 0.3) is 0 Å². The van der Waals surface area contributed by atoms with Crippen LogP contribution in [-0.2, 0) is 21.2 Å². The number of methoxy groups -OCH3 is 1. The molecular weight excluding hydrogens is 388 g/mol. The number of hydrogen-bond acceptors (Lipinski definition) is 4. The van der Waals surface area contributed by atoms with Crippen molar-refractivity contribution in [2.45, 2.75) is 49.6 Å². The van der Waals surface area contributed by atoms with Crippen molar-refractivity contribution in [1.82, 2.24) is 9.62 Å². The molecule has 0 radical (unpaired) electrons. The highest BCUT2D eigenvalue weighted by Crippen LogP contribution is 2.23. The summed E-state index contributed by atoms with van der Waals surface area (Å²) >= 11 is 0. The first-order chi connectivity index (χ1) is 13.9. The molecule has 6 nitrogen and oxygen atoms in total. The van der Waals surface area contributed by atoms with Gasteiger partial charge in [-0.05, 0) is 62.4 Å². The second-order valence-corrected chi connectivity index (χ2v) is 9.08. The molecule has 1 unspecified atom stereocenters. The fourth-order valence-electron chi connectivity index (χ4n) is 3.76. The van der Waals surface area contributed by atoms with Crippen molar-refractivity contribution in [2.24, 2.45) is 0 Å². The molecule has 1 N–H and O–H groups in total. The standard InChI is InChI=1S/C22H28N2O4S/c1-17(23-29(26,27)21-14-12-20(28-2)13-15-21)22(25)24-16-6-9-19(24)11-10-18-7-4-3-5-8-18/h3-5,7-8,12-15,17,19,23H,6,9-11,16H2,1-2H3/t17-,19?/m0/s1. The molecule has 1 aliphatic heterocycles. The average molecular weight is 417 g/mol. The number of nitrogens with one attached hydrogen (secondary N) is 1. The maximum absolute atomic E-state index is 13.0. The van der Waals surface area contributed by atoms with Crippen LogP contribution in [0.3, 0.4) is 0 Å². The van der Waals surface area contributed by atoms with Crippen LogP contribution in [0.2, 0.25) is 0 Å². The average Bonchev–Trinajstić information content (AvgIpc) is 3.20. The molecule has 0 aliphatic carbocycles. The van der Waals surface area contributed by atoms with Crippen molar-refractivity contribution < 1.29 is 17.9 Å². The van der Waals surface area contributed by atoms with Crippen LogP contribution in [0.4, 0.5) is 0 Å². The Morgan fingerprint density at radius 2 is 1.86 bits per heavy atom. The molecule has 29 heavy (non-hydrogen) atoms. The Morgan fingerprint density at radius 3 is 2.52 bits per heavy atom. The third-order valence-corrected chi connectivity index (χ3v) is 6.90. The van der Waals surface area contributed by atoms with E-state index in [0.29, 0.717) is 12.3 Å². The molecule has 0 saturated carbocycles. The van der Waals surface area contributed by atoms with E-state index in [9.17, 15) is 13.2 Å². The van der Waals surface area contributed by atoms with Gasteiger partial charge in [0.2, 0.25) is 15.9 Å². The van der Waals surface area contributed by atoms with Gasteiger partial charge < -0.3 is 9.64 Å². The lowest BCUT2D eigenvalue weighted by Crippen LogP contribution is -2.48. The molecule has 2 atom stereocenters. The second kappa shape index (κ2) is 9.41. The first kappa shape index (κ1) is 21.3. The van der Waals surface area contributed by atoms with E-state index in [2.05, 4.69) is 16.9 Å². The number of hydrogen-bond donors (Lipinski definition) is 1. The summed E-state index contributed by atoms with van der Waals surface area (Å²) in [6.07, 6.45) is 3.69. The van der Waals surface area contributed by atoms with E-state index in [1.165, 1.54) is 24.8 Å². The van der Waals surface area contributed by atoms with Gasteiger partial charge in [-0.2, -0.15) is 4.72 Å². The molecule has 1 heterocycles. The third kappa shape index (κ3) is 5.36. The predicted octanol–water partition coefficient (Wildman–Crippen LogP) is 2.99. The highest BCUT2D eigenvalue weighted by atomic mass is 32.2. The maximum atomic E-state index is 13.0. The van der Waals surface area contributed by atoms with Crippen LogP contribution < -0.4 is 9.46 Å². The van der Waals surface area contributed by atoms with Crippen LogP contribution in [0, 0.1) is 0 Å². The monoisotopic (exact) mass is 416 g/mol. The zero-order valence-electron chi connectivity index (χ0n) is 16.9. The van der Waals surface area contributed by atoms with Crippen LogP contribution in [0.1, 0.15) is 31.7 Å². The zero-order chi connectivity index (χ0) is 20.9. The number of nitrogens with zero attached hydrogens (tertiary/aromatic N) is 1. The molecule has 7 heteroatoms. The number of aryl methyl sites for hydroxylation is 1. The van der Waals surface area contributed by atoms with Crippen molar-refractivity contribution in [1.29, 1.82) is 0 Å². The zero-order valence-corrected chi connectivity index (χ0v) is 17.7. The van der Waals surface area contributed by atoms with Gasteiger partial charge in [-0.1, -0.05) is 30.3 Å². The van der Waals surface area contributed by atoms with E-state index in [1.807, 2.05) is 23.1 Å². The number of carbonyl (C=O) groups is 1. The smallest absolute Gasteiger partial charge is 0.241 e. The van der Waals surface area contributed by atoms with Gasteiger partial charge in [-0.3, -0.25) is 4.79 Å². The van der Waals surface area contributed by atoms with Crippen molar-refractivity contribution in [3.8, 4) is 5.75 Å². The first-order valence-electron chi connectivity index (χ1n) is 9.91. The Bertz CT molecular complexity index is 914. The predicted molar refractivity (Wildman–Crippen MR) is 112 cm³/mol. The summed E-state index contributed by atoms with van der Waals surface area (Å²) < 4.78 is 32.8. The number of rotatable bonds is 8. The molecule has 0 spiro atoms. The van der Waals surface area contributed by atoms with Crippen molar-refractivity contribution in [3.05, 3.63) is 60.2 Å². The molecule has 2 aromatic carbocycles.